The lowest BCUT2D eigenvalue weighted by Gasteiger charge is -2.30. The predicted molar refractivity (Wildman–Crippen MR) is 353 cm³/mol. The average Bonchev–Trinajstić information content (AvgIpc) is 1.63. The number of phenols is 1. The maximum atomic E-state index is 15.0. The number of carbonyl (C=O) groups excluding carboxylic acids is 11. The number of guanidine groups is 3. The van der Waals surface area contributed by atoms with Gasteiger partial charge in [-0.3, -0.25) is 72.5 Å². The largest absolute Gasteiger partial charge is 0.508 e. The van der Waals surface area contributed by atoms with Crippen LogP contribution in [0, 0.1) is 0 Å². The molecule has 29 N–H and O–H groups in total. The predicted octanol–water partition coefficient (Wildman–Crippen LogP) is -9.79. The molecule has 0 aliphatic carbocycles. The van der Waals surface area contributed by atoms with E-state index >= 15 is 4.79 Å². The van der Waals surface area contributed by atoms with Crippen molar-refractivity contribution in [1.29, 1.82) is 0 Å². The maximum Gasteiger partial charge on any atom is 0.327 e. The summed E-state index contributed by atoms with van der Waals surface area (Å²) in [5.41, 5.74) is 39.3. The molecule has 4 rings (SSSR count). The molecule has 12 atom stereocenters. The molecule has 11 amide bonds. The topological polar surface area (TPSA) is 666 Å². The van der Waals surface area contributed by atoms with Crippen LogP contribution in [-0.2, 0) is 68.7 Å². The highest BCUT2D eigenvalue weighted by Gasteiger charge is 2.44. The van der Waals surface area contributed by atoms with E-state index in [1.165, 1.54) is 24.3 Å². The monoisotopic (exact) mass is 1430 g/mol. The molecular formula is C53H83N21O18S4. The van der Waals surface area contributed by atoms with Crippen molar-refractivity contribution in [2.45, 2.75) is 130 Å². The van der Waals surface area contributed by atoms with Gasteiger partial charge >= 0.3 is 11.9 Å². The van der Waals surface area contributed by atoms with Crippen LogP contribution >= 0.6 is 43.2 Å². The smallest absolute Gasteiger partial charge is 0.327 e. The highest BCUT2D eigenvalue weighted by Crippen LogP contribution is 2.27. The Morgan fingerprint density at radius 1 is 0.542 bits per heavy atom. The standard InChI is InChI=1S/C53H83N21O18S4/c54-17-38(78)64-33-20-93-94-21-34-46(87)66-27(4-1-11-61-51(55)56)40(81)68-30(14-24-7-9-25(76)10-8-24)43(84)65-28(5-2-12-62-52(57)58)42(83)73-36(50(91)92)23-96-95-22-35(72-45(33)86)47(88)70-32(19-75)44(85)69-31(16-39(79)80)49(90)74-18-26(77)15-37(74)48(89)67-29(41(82)71-34)6-3-13-63-53(59)60/h7-10,26-37,75-77H,1-6,11-23,54H2,(H,64,78)(H,65,84)(H,66,87)(H,67,89)(H,68,81)(H,69,85)(H,70,88)(H,71,82)(H,72,86)(H,73,83)(H,79,80)(H,91,92)(H4,55,56,61)(H4,57,58,62)(H4,59,60,63)/t26-,27+,28+,29+,30+,31+,32+,33+,34+,35+,36+,37+/m1/s1. The molecule has 3 saturated heterocycles. The number of nitrogens with two attached hydrogens (primary N) is 7. The van der Waals surface area contributed by atoms with Crippen molar-refractivity contribution >= 4 is 138 Å². The third-order valence-electron chi connectivity index (χ3n) is 14.2. The van der Waals surface area contributed by atoms with E-state index in [0.717, 1.165) is 48.1 Å². The number of aliphatic hydroxyl groups is 2. The van der Waals surface area contributed by atoms with Crippen LogP contribution in [0.25, 0.3) is 0 Å². The first kappa shape index (κ1) is 79.7. The number of aliphatic imine (C=N–C) groups is 3. The number of carbonyl (C=O) groups is 13. The minimum atomic E-state index is -2.08. The normalized spacial score (nSPS) is 26.0. The fourth-order valence-electron chi connectivity index (χ4n) is 9.36. The minimum absolute atomic E-state index is 0.00784. The highest BCUT2D eigenvalue weighted by molar-refractivity contribution is 8.77. The Morgan fingerprint density at radius 2 is 0.969 bits per heavy atom. The molecule has 43 heteroatoms. The first-order valence-electron chi connectivity index (χ1n) is 29.7. The number of benzene rings is 1. The molecule has 96 heavy (non-hydrogen) atoms. The second-order valence-electron chi connectivity index (χ2n) is 21.7. The lowest BCUT2D eigenvalue weighted by molar-refractivity contribution is -0.146. The Balaban J connectivity index is 2.02. The van der Waals surface area contributed by atoms with Gasteiger partial charge in [-0.25, -0.2) is 4.79 Å². The quantitative estimate of drug-likeness (QED) is 0.0249. The number of hydrogen-bond donors (Lipinski definition) is 22. The van der Waals surface area contributed by atoms with Crippen molar-refractivity contribution in [3.63, 3.8) is 0 Å². The van der Waals surface area contributed by atoms with E-state index < -0.39 is 205 Å². The van der Waals surface area contributed by atoms with Gasteiger partial charge in [0.1, 0.15) is 72.2 Å². The number of rotatable bonds is 20. The lowest BCUT2D eigenvalue weighted by atomic mass is 10.0. The number of carboxylic acids is 2. The van der Waals surface area contributed by atoms with E-state index in [2.05, 4.69) is 68.1 Å². The van der Waals surface area contributed by atoms with Gasteiger partial charge in [0.15, 0.2) is 17.9 Å². The minimum Gasteiger partial charge on any atom is -0.508 e. The number of nitrogens with one attached hydrogen (secondary N) is 10. The molecule has 0 spiro atoms. The highest BCUT2D eigenvalue weighted by atomic mass is 33.1. The summed E-state index contributed by atoms with van der Waals surface area (Å²) in [6.07, 6.45) is -4.46. The number of carboxylic acid groups (broad SMARTS) is 2. The van der Waals surface area contributed by atoms with Gasteiger partial charge in [0.05, 0.1) is 25.7 Å². The molecule has 3 aliphatic heterocycles. The van der Waals surface area contributed by atoms with Crippen LogP contribution in [0.5, 0.6) is 5.75 Å². The van der Waals surface area contributed by atoms with Crippen LogP contribution in [0.15, 0.2) is 39.2 Å². The summed E-state index contributed by atoms with van der Waals surface area (Å²) in [5, 5.41) is 76.4. The SMILES string of the molecule is NCC(=O)N[C@H]1CSSC[C@@H]2NC(=O)[C@H](CCCN=C(N)N)NC(=O)[C@@H]3C[C@@H](O)CN3C(=O)[C@H](CC(=O)O)NC(=O)[C@H](CO)NC(=O)[C@H](CSSC[C@@H](C(=O)O)NC(=O)[C@H](CCCN=C(N)N)NC(=O)[C@H](Cc3ccc(O)cc3)NC(=O)[C@H](CCCN=C(N)N)NC2=O)NC1=O. The van der Waals surface area contributed by atoms with Crippen molar-refractivity contribution in [3.05, 3.63) is 29.8 Å². The zero-order valence-corrected chi connectivity index (χ0v) is 54.9. The van der Waals surface area contributed by atoms with Crippen molar-refractivity contribution < 1.29 is 87.9 Å². The average molecular weight is 1430 g/mol. The van der Waals surface area contributed by atoms with E-state index in [9.17, 15) is 83.1 Å². The summed E-state index contributed by atoms with van der Waals surface area (Å²) in [6.45, 7) is -2.89. The van der Waals surface area contributed by atoms with Crippen molar-refractivity contribution in [2.75, 3.05) is 62.3 Å². The van der Waals surface area contributed by atoms with E-state index in [-0.39, 0.29) is 88.2 Å². The maximum absolute atomic E-state index is 15.0. The molecule has 3 aliphatic rings. The third kappa shape index (κ3) is 27.5. The summed E-state index contributed by atoms with van der Waals surface area (Å²) in [7, 11) is 3.10. The molecule has 1 aromatic rings. The number of aromatic hydroxyl groups is 1. The second kappa shape index (κ2) is 40.6. The fourth-order valence-corrected chi connectivity index (χ4v) is 14.0. The van der Waals surface area contributed by atoms with Gasteiger partial charge < -0.3 is 124 Å². The molecular weight excluding hydrogens is 1350 g/mol. The number of aliphatic carboxylic acids is 2. The van der Waals surface area contributed by atoms with E-state index in [0.29, 0.717) is 5.56 Å². The zero-order valence-electron chi connectivity index (χ0n) is 51.7. The number of nitrogens with zero attached hydrogens (tertiary/aromatic N) is 4. The number of phenolic OH excluding ortho intramolecular Hbond substituents is 1. The Morgan fingerprint density at radius 3 is 1.47 bits per heavy atom. The zero-order chi connectivity index (χ0) is 71.2. The first-order valence-corrected chi connectivity index (χ1v) is 34.7. The third-order valence-corrected chi connectivity index (χ3v) is 19.1. The number of amides is 11. The van der Waals surface area contributed by atoms with Gasteiger partial charge in [0, 0.05) is 62.0 Å². The van der Waals surface area contributed by atoms with Crippen molar-refractivity contribution in [2.24, 2.45) is 55.1 Å². The Bertz CT molecular complexity index is 3020. The van der Waals surface area contributed by atoms with Gasteiger partial charge in [-0.15, -0.1) is 0 Å². The summed E-state index contributed by atoms with van der Waals surface area (Å²) in [6, 6.07) is -13.9. The lowest BCUT2D eigenvalue weighted by Crippen LogP contribution is -2.61. The molecule has 0 saturated carbocycles. The Kier molecular flexibility index (Phi) is 33.7. The van der Waals surface area contributed by atoms with Crippen LogP contribution in [0.4, 0.5) is 0 Å². The van der Waals surface area contributed by atoms with Gasteiger partial charge in [0.2, 0.25) is 65.0 Å². The van der Waals surface area contributed by atoms with Gasteiger partial charge in [-0.2, -0.15) is 0 Å². The van der Waals surface area contributed by atoms with E-state index in [1.807, 2.05) is 0 Å². The first-order chi connectivity index (χ1) is 45.5. The van der Waals surface area contributed by atoms with Crippen molar-refractivity contribution in [3.8, 4) is 5.75 Å². The number of hydrogen-bond acceptors (Lipinski definition) is 24. The molecule has 2 bridgehead atoms. The van der Waals surface area contributed by atoms with Crippen LogP contribution in [0.1, 0.15) is 56.9 Å². The van der Waals surface area contributed by atoms with Crippen molar-refractivity contribution in [1.82, 2.24) is 58.1 Å². The van der Waals surface area contributed by atoms with Gasteiger partial charge in [-0.05, 0) is 56.2 Å². The molecule has 1 aromatic carbocycles. The van der Waals surface area contributed by atoms with E-state index in [4.69, 9.17) is 40.1 Å². The molecule has 0 unspecified atom stereocenters. The summed E-state index contributed by atoms with van der Waals surface area (Å²) < 4.78 is 0. The van der Waals surface area contributed by atoms with Gasteiger partial charge in [-0.1, -0.05) is 55.3 Å². The van der Waals surface area contributed by atoms with Gasteiger partial charge in [0.25, 0.3) is 0 Å². The molecule has 39 nitrogen and oxygen atoms in total. The Labute approximate surface area is 564 Å². The summed E-state index contributed by atoms with van der Waals surface area (Å²) in [4.78, 5) is 196. The second-order valence-corrected chi connectivity index (χ2v) is 26.8. The summed E-state index contributed by atoms with van der Waals surface area (Å²) in [5.74, 6) is -18.7. The molecule has 532 valence electrons. The Hall–Kier alpha value is -8.78. The van der Waals surface area contributed by atoms with Crippen LogP contribution in [-0.4, -0.2) is 260 Å². The van der Waals surface area contributed by atoms with Crippen LogP contribution < -0.4 is 93.3 Å². The van der Waals surface area contributed by atoms with Crippen LogP contribution in [0.2, 0.25) is 0 Å². The molecule has 0 aromatic heterocycles. The molecule has 3 heterocycles. The van der Waals surface area contributed by atoms with E-state index in [1.54, 1.807) is 0 Å². The number of aliphatic hydroxyl groups excluding tert-OH is 2. The fraction of sp³-hybridized carbons (Fsp3) is 0.585. The molecule has 3 fully saturated rings. The van der Waals surface area contributed by atoms with Crippen LogP contribution in [0.3, 0.4) is 0 Å². The molecule has 0 radical (unpaired) electrons. The summed E-state index contributed by atoms with van der Waals surface area (Å²) >= 11 is 0. The number of fused-ring (bicyclic) bond motifs is 9.